The molecule has 1 rings (SSSR count). The molecule has 0 spiro atoms. The highest BCUT2D eigenvalue weighted by Gasteiger charge is 2.07. The second kappa shape index (κ2) is 4.13. The van der Waals surface area contributed by atoms with Crippen molar-refractivity contribution in [1.29, 1.82) is 0 Å². The van der Waals surface area contributed by atoms with Gasteiger partial charge in [-0.05, 0) is 12.1 Å². The number of halogens is 1. The van der Waals surface area contributed by atoms with Gasteiger partial charge in [-0.1, -0.05) is 21.1 Å². The van der Waals surface area contributed by atoms with Gasteiger partial charge in [-0.15, -0.1) is 0 Å². The first-order valence-corrected chi connectivity index (χ1v) is 4.22. The zero-order valence-corrected chi connectivity index (χ0v) is 8.45. The Morgan fingerprint density at radius 2 is 2.23 bits per heavy atom. The highest BCUT2D eigenvalue weighted by atomic mass is 79.9. The van der Waals surface area contributed by atoms with Crippen molar-refractivity contribution < 1.29 is 15.1 Å². The molecule has 0 unspecified atom stereocenters. The quantitative estimate of drug-likeness (QED) is 0.476. The Hall–Kier alpha value is -1.23. The summed E-state index contributed by atoms with van der Waals surface area (Å²) >= 11 is 3.22. The monoisotopic (exact) mass is 245 g/mol. The molecule has 1 aromatic carbocycles. The van der Waals surface area contributed by atoms with E-state index in [-0.39, 0.29) is 5.75 Å². The van der Waals surface area contributed by atoms with Crippen molar-refractivity contribution in [2.45, 2.75) is 0 Å². The van der Waals surface area contributed by atoms with Gasteiger partial charge in [0.2, 0.25) is 0 Å². The Kier molecular flexibility index (Phi) is 3.13. The lowest BCUT2D eigenvalue weighted by Crippen LogP contribution is -1.89. The van der Waals surface area contributed by atoms with Crippen LogP contribution < -0.4 is 4.74 Å². The van der Waals surface area contributed by atoms with Gasteiger partial charge in [0, 0.05) is 10.0 Å². The van der Waals surface area contributed by atoms with Crippen LogP contribution in [0.2, 0.25) is 0 Å². The molecule has 0 heterocycles. The second-order valence-electron chi connectivity index (χ2n) is 2.29. The lowest BCUT2D eigenvalue weighted by atomic mass is 10.2. The van der Waals surface area contributed by atoms with Crippen molar-refractivity contribution in [1.82, 2.24) is 0 Å². The molecule has 0 amide bonds. The van der Waals surface area contributed by atoms with E-state index < -0.39 is 0 Å². The van der Waals surface area contributed by atoms with Crippen LogP contribution in [0, 0.1) is 0 Å². The zero-order valence-electron chi connectivity index (χ0n) is 6.86. The maximum atomic E-state index is 9.50. The third-order valence-electron chi connectivity index (χ3n) is 1.49. The number of methoxy groups -OCH3 is 1. The van der Waals surface area contributed by atoms with Gasteiger partial charge in [-0.2, -0.15) is 0 Å². The Labute approximate surface area is 83.6 Å². The Morgan fingerprint density at radius 3 is 2.77 bits per heavy atom. The smallest absolute Gasteiger partial charge is 0.166 e. The zero-order chi connectivity index (χ0) is 9.84. The summed E-state index contributed by atoms with van der Waals surface area (Å²) in [5.41, 5.74) is 0.383. The van der Waals surface area contributed by atoms with Crippen molar-refractivity contribution in [3.8, 4) is 11.5 Å². The van der Waals surface area contributed by atoms with Crippen LogP contribution in [0.5, 0.6) is 11.5 Å². The van der Waals surface area contributed by atoms with E-state index in [1.54, 1.807) is 12.1 Å². The van der Waals surface area contributed by atoms with E-state index in [1.807, 2.05) is 0 Å². The fraction of sp³-hybridized carbons (Fsp3) is 0.125. The van der Waals surface area contributed by atoms with Gasteiger partial charge in [0.1, 0.15) is 0 Å². The first-order valence-electron chi connectivity index (χ1n) is 3.43. The Morgan fingerprint density at radius 1 is 1.54 bits per heavy atom. The van der Waals surface area contributed by atoms with Gasteiger partial charge in [-0.3, -0.25) is 0 Å². The molecular formula is C8H8BrNO3. The van der Waals surface area contributed by atoms with Crippen LogP contribution in [0.25, 0.3) is 0 Å². The van der Waals surface area contributed by atoms with E-state index in [9.17, 15) is 5.11 Å². The van der Waals surface area contributed by atoms with Crippen LogP contribution in [0.1, 0.15) is 5.56 Å². The van der Waals surface area contributed by atoms with Gasteiger partial charge in [0.05, 0.1) is 13.3 Å². The fourth-order valence-corrected chi connectivity index (χ4v) is 1.37. The molecule has 4 nitrogen and oxygen atoms in total. The molecular weight excluding hydrogens is 238 g/mol. The number of nitrogens with zero attached hydrogens (tertiary/aromatic N) is 1. The Balaban J connectivity index is 3.26. The van der Waals surface area contributed by atoms with Crippen molar-refractivity contribution >= 4 is 22.1 Å². The average molecular weight is 246 g/mol. The van der Waals surface area contributed by atoms with Crippen LogP contribution in [0.3, 0.4) is 0 Å². The molecule has 0 aliphatic carbocycles. The van der Waals surface area contributed by atoms with Crippen molar-refractivity contribution in [2.75, 3.05) is 7.11 Å². The third-order valence-corrected chi connectivity index (χ3v) is 1.94. The molecule has 0 saturated carbocycles. The average Bonchev–Trinajstić information content (AvgIpc) is 2.11. The predicted octanol–water partition coefficient (Wildman–Crippen LogP) is 1.97. The van der Waals surface area contributed by atoms with Gasteiger partial charge < -0.3 is 15.1 Å². The third kappa shape index (κ3) is 2.12. The predicted molar refractivity (Wildman–Crippen MR) is 51.7 cm³/mol. The van der Waals surface area contributed by atoms with Gasteiger partial charge in [-0.25, -0.2) is 0 Å². The summed E-state index contributed by atoms with van der Waals surface area (Å²) in [6.07, 6.45) is 1.13. The SMILES string of the molecule is COc1cc(Br)cc(/C=N\O)c1O. The fourth-order valence-electron chi connectivity index (χ4n) is 0.911. The van der Waals surface area contributed by atoms with Crippen LogP contribution >= 0.6 is 15.9 Å². The molecule has 0 bridgehead atoms. The largest absolute Gasteiger partial charge is 0.504 e. The molecule has 2 N–H and O–H groups in total. The molecule has 0 saturated heterocycles. The molecule has 0 radical (unpaired) electrons. The van der Waals surface area contributed by atoms with Gasteiger partial charge >= 0.3 is 0 Å². The van der Waals surface area contributed by atoms with Crippen molar-refractivity contribution in [2.24, 2.45) is 5.16 Å². The van der Waals surface area contributed by atoms with E-state index in [0.29, 0.717) is 11.3 Å². The number of hydrogen-bond acceptors (Lipinski definition) is 4. The van der Waals surface area contributed by atoms with E-state index in [2.05, 4.69) is 21.1 Å². The summed E-state index contributed by atoms with van der Waals surface area (Å²) in [5, 5.41) is 20.6. The molecule has 0 aliphatic rings. The Bertz CT molecular complexity index is 338. The van der Waals surface area contributed by atoms with E-state index in [1.165, 1.54) is 7.11 Å². The number of oxime groups is 1. The minimum absolute atomic E-state index is 0.0523. The maximum absolute atomic E-state index is 9.50. The van der Waals surface area contributed by atoms with Crippen molar-refractivity contribution in [3.05, 3.63) is 22.2 Å². The lowest BCUT2D eigenvalue weighted by molar-refractivity contribution is 0.321. The van der Waals surface area contributed by atoms with E-state index in [4.69, 9.17) is 9.94 Å². The number of aromatic hydroxyl groups is 1. The molecule has 0 aromatic heterocycles. The van der Waals surface area contributed by atoms with Gasteiger partial charge in [0.15, 0.2) is 11.5 Å². The van der Waals surface area contributed by atoms with Gasteiger partial charge in [0.25, 0.3) is 0 Å². The molecule has 0 fully saturated rings. The minimum Gasteiger partial charge on any atom is -0.504 e. The standard InChI is InChI=1S/C8H8BrNO3/c1-13-7-3-6(9)2-5(4-10-12)8(7)11/h2-4,11-12H,1H3/b10-4-. The molecule has 70 valence electrons. The van der Waals surface area contributed by atoms with E-state index in [0.717, 1.165) is 10.7 Å². The van der Waals surface area contributed by atoms with Crippen LogP contribution in [0.4, 0.5) is 0 Å². The van der Waals surface area contributed by atoms with Crippen molar-refractivity contribution in [3.63, 3.8) is 0 Å². The van der Waals surface area contributed by atoms with Crippen LogP contribution in [-0.2, 0) is 0 Å². The maximum Gasteiger partial charge on any atom is 0.166 e. The number of phenols is 1. The highest BCUT2D eigenvalue weighted by Crippen LogP contribution is 2.32. The van der Waals surface area contributed by atoms with Crippen LogP contribution in [0.15, 0.2) is 21.8 Å². The number of phenolic OH excluding ortho intramolecular Hbond substituents is 1. The van der Waals surface area contributed by atoms with E-state index >= 15 is 0 Å². The molecule has 0 atom stereocenters. The summed E-state index contributed by atoms with van der Waals surface area (Å²) in [5.74, 6) is 0.271. The molecule has 0 aliphatic heterocycles. The molecule has 5 heteroatoms. The number of benzene rings is 1. The molecule has 1 aromatic rings. The highest BCUT2D eigenvalue weighted by molar-refractivity contribution is 9.10. The normalized spacial score (nSPS) is 10.6. The topological polar surface area (TPSA) is 62.0 Å². The number of rotatable bonds is 2. The summed E-state index contributed by atoms with van der Waals surface area (Å²) in [7, 11) is 1.45. The summed E-state index contributed by atoms with van der Waals surface area (Å²) in [6.45, 7) is 0. The number of ether oxygens (including phenoxy) is 1. The molecule has 13 heavy (non-hydrogen) atoms. The van der Waals surface area contributed by atoms with Crippen LogP contribution in [-0.4, -0.2) is 23.6 Å². The lowest BCUT2D eigenvalue weighted by Gasteiger charge is -2.05. The summed E-state index contributed by atoms with van der Waals surface area (Å²) in [4.78, 5) is 0. The first-order chi connectivity index (χ1) is 6.19. The summed E-state index contributed by atoms with van der Waals surface area (Å²) < 4.78 is 5.62. The summed E-state index contributed by atoms with van der Waals surface area (Å²) in [6, 6.07) is 3.22. The first kappa shape index (κ1) is 9.85. The minimum atomic E-state index is -0.0523. The second-order valence-corrected chi connectivity index (χ2v) is 3.21. The number of hydrogen-bond donors (Lipinski definition) is 2.